The maximum atomic E-state index is 3.60. The second kappa shape index (κ2) is 4.58. The van der Waals surface area contributed by atoms with E-state index in [9.17, 15) is 0 Å². The number of halogens is 2. The molecule has 0 N–H and O–H groups in total. The molecular formula is C11H12Br2S. The van der Waals surface area contributed by atoms with Gasteiger partial charge in [-0.25, -0.2) is 0 Å². The van der Waals surface area contributed by atoms with Gasteiger partial charge >= 0.3 is 0 Å². The lowest BCUT2D eigenvalue weighted by Gasteiger charge is -2.10. The zero-order valence-corrected chi connectivity index (χ0v) is 11.8. The smallest absolute Gasteiger partial charge is 0.0176 e. The van der Waals surface area contributed by atoms with Crippen molar-refractivity contribution in [3.8, 4) is 0 Å². The number of hydrogen-bond acceptors (Lipinski definition) is 1. The van der Waals surface area contributed by atoms with Crippen LogP contribution >= 0.6 is 43.6 Å². The number of hydrogen-bond donors (Lipinski definition) is 0. The molecule has 0 aliphatic heterocycles. The zero-order valence-electron chi connectivity index (χ0n) is 7.80. The van der Waals surface area contributed by atoms with Crippen LogP contribution in [-0.2, 0) is 0 Å². The number of rotatable bonds is 4. The average molecular weight is 336 g/mol. The van der Waals surface area contributed by atoms with Crippen LogP contribution in [0.1, 0.15) is 12.8 Å². The molecule has 1 saturated carbocycles. The first-order valence-electron chi connectivity index (χ1n) is 4.68. The van der Waals surface area contributed by atoms with E-state index in [2.05, 4.69) is 56.1 Å². The van der Waals surface area contributed by atoms with E-state index in [1.165, 1.54) is 23.5 Å². The molecule has 2 rings (SSSR count). The van der Waals surface area contributed by atoms with Crippen molar-refractivity contribution < 1.29 is 0 Å². The molecule has 0 saturated heterocycles. The minimum Gasteiger partial charge on any atom is -0.126 e. The maximum absolute atomic E-state index is 3.60. The fourth-order valence-electron chi connectivity index (χ4n) is 1.26. The number of thioether (sulfide) groups is 1. The van der Waals surface area contributed by atoms with E-state index in [0.29, 0.717) is 5.41 Å². The van der Waals surface area contributed by atoms with Crippen LogP contribution < -0.4 is 0 Å². The molecule has 0 nitrogen and oxygen atoms in total. The standard InChI is InChI=1S/C11H12Br2S/c12-7-11(5-6-11)8-14-10-3-1-9(13)2-4-10/h1-4H,5-8H2. The molecule has 1 aromatic carbocycles. The molecule has 0 amide bonds. The van der Waals surface area contributed by atoms with E-state index in [0.717, 1.165) is 9.80 Å². The molecule has 3 heteroatoms. The van der Waals surface area contributed by atoms with Gasteiger partial charge in [0.2, 0.25) is 0 Å². The predicted molar refractivity (Wildman–Crippen MR) is 70.3 cm³/mol. The molecule has 0 bridgehead atoms. The summed E-state index contributed by atoms with van der Waals surface area (Å²) in [5.74, 6) is 1.25. The van der Waals surface area contributed by atoms with Crippen LogP contribution in [0.3, 0.4) is 0 Å². The molecule has 0 spiro atoms. The van der Waals surface area contributed by atoms with Gasteiger partial charge in [-0.2, -0.15) is 0 Å². The summed E-state index contributed by atoms with van der Waals surface area (Å²) >= 11 is 9.02. The van der Waals surface area contributed by atoms with E-state index < -0.39 is 0 Å². The van der Waals surface area contributed by atoms with Crippen molar-refractivity contribution in [3.05, 3.63) is 28.7 Å². The summed E-state index contributed by atoms with van der Waals surface area (Å²) in [4.78, 5) is 1.38. The summed E-state index contributed by atoms with van der Waals surface area (Å²) in [5, 5.41) is 1.16. The molecule has 76 valence electrons. The van der Waals surface area contributed by atoms with Crippen LogP contribution in [0.15, 0.2) is 33.6 Å². The highest BCUT2D eigenvalue weighted by Crippen LogP contribution is 2.50. The third-order valence-electron chi connectivity index (χ3n) is 2.60. The van der Waals surface area contributed by atoms with Crippen LogP contribution in [0.25, 0.3) is 0 Å². The Balaban J connectivity index is 1.89. The quantitative estimate of drug-likeness (QED) is 0.567. The minimum atomic E-state index is 0.609. The van der Waals surface area contributed by atoms with E-state index in [1.807, 2.05) is 11.8 Å². The highest BCUT2D eigenvalue weighted by atomic mass is 79.9. The summed E-state index contributed by atoms with van der Waals surface area (Å²) in [6.45, 7) is 0. The van der Waals surface area contributed by atoms with Gasteiger partial charge in [-0.15, -0.1) is 11.8 Å². The molecule has 1 aromatic rings. The fourth-order valence-corrected chi connectivity index (χ4v) is 3.74. The Morgan fingerprint density at radius 2 is 1.86 bits per heavy atom. The highest BCUT2D eigenvalue weighted by Gasteiger charge is 2.41. The molecule has 1 fully saturated rings. The number of alkyl halides is 1. The first-order chi connectivity index (χ1) is 6.74. The zero-order chi connectivity index (χ0) is 10.0. The topological polar surface area (TPSA) is 0 Å². The molecule has 0 radical (unpaired) electrons. The van der Waals surface area contributed by atoms with Crippen LogP contribution in [0.5, 0.6) is 0 Å². The molecule has 0 heterocycles. The largest absolute Gasteiger partial charge is 0.126 e. The Morgan fingerprint density at radius 3 is 2.36 bits per heavy atom. The Bertz CT molecular complexity index is 304. The summed E-state index contributed by atoms with van der Waals surface area (Å²) in [6, 6.07) is 8.57. The summed E-state index contributed by atoms with van der Waals surface area (Å²) in [5.41, 5.74) is 0.609. The van der Waals surface area contributed by atoms with Gasteiger partial charge in [-0.05, 0) is 42.5 Å². The Morgan fingerprint density at radius 1 is 1.21 bits per heavy atom. The van der Waals surface area contributed by atoms with Crippen molar-refractivity contribution >= 4 is 43.6 Å². The summed E-state index contributed by atoms with van der Waals surface area (Å²) in [6.07, 6.45) is 2.78. The molecule has 0 aromatic heterocycles. The first kappa shape index (κ1) is 11.0. The van der Waals surface area contributed by atoms with Crippen molar-refractivity contribution in [2.45, 2.75) is 17.7 Å². The summed E-state index contributed by atoms with van der Waals surface area (Å²) in [7, 11) is 0. The SMILES string of the molecule is BrCC1(CSc2ccc(Br)cc2)CC1. The first-order valence-corrected chi connectivity index (χ1v) is 7.58. The molecule has 1 aliphatic rings. The van der Waals surface area contributed by atoms with Crippen molar-refractivity contribution in [3.63, 3.8) is 0 Å². The minimum absolute atomic E-state index is 0.609. The van der Waals surface area contributed by atoms with Crippen LogP contribution in [0, 0.1) is 5.41 Å². The van der Waals surface area contributed by atoms with E-state index >= 15 is 0 Å². The lowest BCUT2D eigenvalue weighted by atomic mass is 10.2. The maximum Gasteiger partial charge on any atom is 0.0176 e. The van der Waals surface area contributed by atoms with Crippen molar-refractivity contribution in [1.29, 1.82) is 0 Å². The van der Waals surface area contributed by atoms with Crippen LogP contribution in [0.4, 0.5) is 0 Å². The van der Waals surface area contributed by atoms with E-state index in [1.54, 1.807) is 0 Å². The second-order valence-corrected chi connectivity index (χ2v) is 6.40. The monoisotopic (exact) mass is 334 g/mol. The molecule has 1 aliphatic carbocycles. The third-order valence-corrected chi connectivity index (χ3v) is 5.68. The normalized spacial score (nSPS) is 18.1. The molecule has 0 unspecified atom stereocenters. The van der Waals surface area contributed by atoms with Gasteiger partial charge in [0.05, 0.1) is 0 Å². The van der Waals surface area contributed by atoms with Gasteiger partial charge in [-0.1, -0.05) is 31.9 Å². The number of benzene rings is 1. The van der Waals surface area contributed by atoms with Gasteiger partial charge in [0.15, 0.2) is 0 Å². The summed E-state index contributed by atoms with van der Waals surface area (Å²) < 4.78 is 1.16. The average Bonchev–Trinajstić information content (AvgIpc) is 2.98. The predicted octanol–water partition coefficient (Wildman–Crippen LogP) is 4.72. The van der Waals surface area contributed by atoms with Gasteiger partial charge in [-0.3, -0.25) is 0 Å². The highest BCUT2D eigenvalue weighted by molar-refractivity contribution is 9.10. The second-order valence-electron chi connectivity index (χ2n) is 3.88. The fraction of sp³-hybridized carbons (Fsp3) is 0.455. The lowest BCUT2D eigenvalue weighted by molar-refractivity contribution is 0.686. The molecule has 14 heavy (non-hydrogen) atoms. The third kappa shape index (κ3) is 2.77. The Hall–Kier alpha value is 0.530. The van der Waals surface area contributed by atoms with Crippen LogP contribution in [0.2, 0.25) is 0 Å². The molecule has 0 atom stereocenters. The van der Waals surface area contributed by atoms with E-state index in [-0.39, 0.29) is 0 Å². The van der Waals surface area contributed by atoms with Gasteiger partial charge in [0.1, 0.15) is 0 Å². The Kier molecular flexibility index (Phi) is 3.61. The van der Waals surface area contributed by atoms with Crippen LogP contribution in [-0.4, -0.2) is 11.1 Å². The van der Waals surface area contributed by atoms with Gasteiger partial charge in [0, 0.05) is 20.5 Å². The molecular weight excluding hydrogens is 324 g/mol. The van der Waals surface area contributed by atoms with Crippen molar-refractivity contribution in [1.82, 2.24) is 0 Å². The lowest BCUT2D eigenvalue weighted by Crippen LogP contribution is -2.04. The van der Waals surface area contributed by atoms with Crippen molar-refractivity contribution in [2.24, 2.45) is 5.41 Å². The van der Waals surface area contributed by atoms with Gasteiger partial charge < -0.3 is 0 Å². The van der Waals surface area contributed by atoms with Gasteiger partial charge in [0.25, 0.3) is 0 Å². The van der Waals surface area contributed by atoms with E-state index in [4.69, 9.17) is 0 Å². The van der Waals surface area contributed by atoms with Crippen molar-refractivity contribution in [2.75, 3.05) is 11.1 Å². The Labute approximate surface area is 106 Å².